The van der Waals surface area contributed by atoms with E-state index in [4.69, 9.17) is 10.5 Å². The molecule has 18 heavy (non-hydrogen) atoms. The summed E-state index contributed by atoms with van der Waals surface area (Å²) in [6.45, 7) is 4.29. The lowest BCUT2D eigenvalue weighted by Crippen LogP contribution is -2.36. The summed E-state index contributed by atoms with van der Waals surface area (Å²) in [5.41, 5.74) is 5.53. The van der Waals surface area contributed by atoms with E-state index in [0.717, 1.165) is 6.42 Å². The molecule has 2 amide bonds. The number of hydrogen-bond donors (Lipinski definition) is 2. The van der Waals surface area contributed by atoms with Gasteiger partial charge in [0, 0.05) is 12.1 Å². The molecule has 1 aromatic carbocycles. The Labute approximate surface area is 106 Å². The number of ether oxygens (including phenoxy) is 1. The molecule has 0 saturated carbocycles. The van der Waals surface area contributed by atoms with Gasteiger partial charge in [-0.1, -0.05) is 6.92 Å². The van der Waals surface area contributed by atoms with Crippen LogP contribution in [0.1, 0.15) is 30.6 Å². The highest BCUT2D eigenvalue weighted by Gasteiger charge is 2.13. The van der Waals surface area contributed by atoms with Crippen LogP contribution in [-0.4, -0.2) is 24.5 Å². The third kappa shape index (κ3) is 4.08. The molecule has 0 saturated heterocycles. The minimum Gasteiger partial charge on any atom is -0.481 e. The molecule has 0 radical (unpaired) electrons. The summed E-state index contributed by atoms with van der Waals surface area (Å²) >= 11 is 0. The SMILES string of the molecule is CCCNC(=O)[C@H](C)Oc1ccc(C(N)=O)cc1. The topological polar surface area (TPSA) is 81.4 Å². The second kappa shape index (κ2) is 6.64. The van der Waals surface area contributed by atoms with Gasteiger partial charge in [0.1, 0.15) is 5.75 Å². The lowest BCUT2D eigenvalue weighted by molar-refractivity contribution is -0.127. The first-order valence-corrected chi connectivity index (χ1v) is 5.88. The average molecular weight is 250 g/mol. The Bertz CT molecular complexity index is 415. The Kier molecular flexibility index (Phi) is 5.17. The van der Waals surface area contributed by atoms with Gasteiger partial charge in [-0.3, -0.25) is 9.59 Å². The molecule has 0 aromatic heterocycles. The van der Waals surface area contributed by atoms with Crippen LogP contribution in [0.3, 0.4) is 0 Å². The molecule has 98 valence electrons. The molecule has 5 nitrogen and oxygen atoms in total. The van der Waals surface area contributed by atoms with Crippen LogP contribution in [0.25, 0.3) is 0 Å². The maximum atomic E-state index is 11.6. The van der Waals surface area contributed by atoms with Crippen LogP contribution in [-0.2, 0) is 4.79 Å². The smallest absolute Gasteiger partial charge is 0.260 e. The van der Waals surface area contributed by atoms with Gasteiger partial charge in [-0.15, -0.1) is 0 Å². The fraction of sp³-hybridized carbons (Fsp3) is 0.385. The van der Waals surface area contributed by atoms with Crippen molar-refractivity contribution in [1.29, 1.82) is 0 Å². The Balaban J connectivity index is 2.56. The molecule has 0 aliphatic heterocycles. The second-order valence-electron chi connectivity index (χ2n) is 3.94. The van der Waals surface area contributed by atoms with E-state index in [9.17, 15) is 9.59 Å². The molecular formula is C13H18N2O3. The van der Waals surface area contributed by atoms with E-state index in [1.165, 1.54) is 0 Å². The molecule has 1 rings (SSSR count). The number of rotatable bonds is 6. The zero-order valence-electron chi connectivity index (χ0n) is 10.6. The largest absolute Gasteiger partial charge is 0.481 e. The Morgan fingerprint density at radius 3 is 2.44 bits per heavy atom. The van der Waals surface area contributed by atoms with E-state index in [0.29, 0.717) is 17.9 Å². The van der Waals surface area contributed by atoms with Crippen LogP contribution < -0.4 is 15.8 Å². The molecule has 0 spiro atoms. The van der Waals surface area contributed by atoms with Gasteiger partial charge in [-0.2, -0.15) is 0 Å². The molecule has 0 aliphatic carbocycles. The van der Waals surface area contributed by atoms with Gasteiger partial charge >= 0.3 is 0 Å². The van der Waals surface area contributed by atoms with Gasteiger partial charge in [0.2, 0.25) is 5.91 Å². The van der Waals surface area contributed by atoms with Gasteiger partial charge in [0.25, 0.3) is 5.91 Å². The highest BCUT2D eigenvalue weighted by molar-refractivity contribution is 5.92. The minimum atomic E-state index is -0.573. The predicted molar refractivity (Wildman–Crippen MR) is 68.4 cm³/mol. The van der Waals surface area contributed by atoms with Crippen LogP contribution in [0, 0.1) is 0 Å². The number of benzene rings is 1. The standard InChI is InChI=1S/C13H18N2O3/c1-3-8-15-13(17)9(2)18-11-6-4-10(5-7-11)12(14)16/h4-7,9H,3,8H2,1-2H3,(H2,14,16)(H,15,17)/t9-/m0/s1. The third-order valence-corrected chi connectivity index (χ3v) is 2.37. The Morgan fingerprint density at radius 2 is 1.94 bits per heavy atom. The normalized spacial score (nSPS) is 11.7. The first kappa shape index (κ1) is 14.0. The molecule has 0 heterocycles. The summed E-state index contributed by atoms with van der Waals surface area (Å²) in [5.74, 6) is -0.120. The molecule has 5 heteroatoms. The van der Waals surface area contributed by atoms with Crippen molar-refractivity contribution in [2.75, 3.05) is 6.54 Å². The van der Waals surface area contributed by atoms with Crippen molar-refractivity contribution in [2.24, 2.45) is 5.73 Å². The van der Waals surface area contributed by atoms with Gasteiger partial charge in [-0.05, 0) is 37.6 Å². The summed E-state index contributed by atoms with van der Waals surface area (Å²) in [6.07, 6.45) is 0.308. The molecule has 0 unspecified atom stereocenters. The number of amides is 2. The van der Waals surface area contributed by atoms with E-state index in [1.807, 2.05) is 6.92 Å². The number of primary amides is 1. The van der Waals surface area contributed by atoms with Crippen LogP contribution in [0.4, 0.5) is 0 Å². The van der Waals surface area contributed by atoms with Gasteiger partial charge in [-0.25, -0.2) is 0 Å². The van der Waals surface area contributed by atoms with Gasteiger partial charge < -0.3 is 15.8 Å². The molecule has 0 fully saturated rings. The molecule has 1 aromatic rings. The summed E-state index contributed by atoms with van der Waals surface area (Å²) in [4.78, 5) is 22.4. The maximum absolute atomic E-state index is 11.6. The zero-order chi connectivity index (χ0) is 13.5. The number of nitrogens with two attached hydrogens (primary N) is 1. The third-order valence-electron chi connectivity index (χ3n) is 2.37. The van der Waals surface area contributed by atoms with Crippen LogP contribution in [0.5, 0.6) is 5.75 Å². The average Bonchev–Trinajstić information content (AvgIpc) is 2.36. The van der Waals surface area contributed by atoms with E-state index in [2.05, 4.69) is 5.32 Å². The zero-order valence-corrected chi connectivity index (χ0v) is 10.6. The van der Waals surface area contributed by atoms with Gasteiger partial charge in [0.15, 0.2) is 6.10 Å². The van der Waals surface area contributed by atoms with E-state index >= 15 is 0 Å². The summed E-state index contributed by atoms with van der Waals surface area (Å²) in [5, 5.41) is 2.74. The summed E-state index contributed by atoms with van der Waals surface area (Å²) in [6, 6.07) is 6.36. The maximum Gasteiger partial charge on any atom is 0.260 e. The van der Waals surface area contributed by atoms with Crippen molar-refractivity contribution < 1.29 is 14.3 Å². The lowest BCUT2D eigenvalue weighted by atomic mass is 10.2. The van der Waals surface area contributed by atoms with Crippen molar-refractivity contribution in [1.82, 2.24) is 5.32 Å². The molecule has 0 bridgehead atoms. The minimum absolute atomic E-state index is 0.157. The fourth-order valence-corrected chi connectivity index (χ4v) is 1.35. The fourth-order valence-electron chi connectivity index (χ4n) is 1.35. The van der Waals surface area contributed by atoms with Crippen molar-refractivity contribution >= 4 is 11.8 Å². The van der Waals surface area contributed by atoms with E-state index in [1.54, 1.807) is 31.2 Å². The summed E-state index contributed by atoms with van der Waals surface area (Å²) in [7, 11) is 0. The Hall–Kier alpha value is -2.04. The molecule has 3 N–H and O–H groups in total. The Morgan fingerprint density at radius 1 is 1.33 bits per heavy atom. The monoisotopic (exact) mass is 250 g/mol. The van der Waals surface area contributed by atoms with Gasteiger partial charge in [0.05, 0.1) is 0 Å². The highest BCUT2D eigenvalue weighted by Crippen LogP contribution is 2.13. The van der Waals surface area contributed by atoms with Crippen LogP contribution >= 0.6 is 0 Å². The van der Waals surface area contributed by atoms with Crippen LogP contribution in [0.15, 0.2) is 24.3 Å². The summed E-state index contributed by atoms with van der Waals surface area (Å²) < 4.78 is 5.44. The number of carbonyl (C=O) groups is 2. The van der Waals surface area contributed by atoms with Crippen molar-refractivity contribution in [3.63, 3.8) is 0 Å². The second-order valence-corrected chi connectivity index (χ2v) is 3.94. The highest BCUT2D eigenvalue weighted by atomic mass is 16.5. The molecular weight excluding hydrogens is 232 g/mol. The van der Waals surface area contributed by atoms with E-state index < -0.39 is 12.0 Å². The van der Waals surface area contributed by atoms with E-state index in [-0.39, 0.29) is 5.91 Å². The quantitative estimate of drug-likeness (QED) is 0.792. The predicted octanol–water partition coefficient (Wildman–Crippen LogP) is 1.08. The van der Waals surface area contributed by atoms with Crippen molar-refractivity contribution in [2.45, 2.75) is 26.4 Å². The first-order chi connectivity index (χ1) is 8.54. The number of hydrogen-bond acceptors (Lipinski definition) is 3. The number of carbonyl (C=O) groups excluding carboxylic acids is 2. The lowest BCUT2D eigenvalue weighted by Gasteiger charge is -2.14. The number of nitrogens with one attached hydrogen (secondary N) is 1. The van der Waals surface area contributed by atoms with Crippen molar-refractivity contribution in [3.8, 4) is 5.75 Å². The molecule has 0 aliphatic rings. The van der Waals surface area contributed by atoms with Crippen molar-refractivity contribution in [3.05, 3.63) is 29.8 Å². The first-order valence-electron chi connectivity index (χ1n) is 5.88. The molecule has 1 atom stereocenters. The van der Waals surface area contributed by atoms with Crippen LogP contribution in [0.2, 0.25) is 0 Å².